The van der Waals surface area contributed by atoms with Crippen molar-refractivity contribution in [2.24, 2.45) is 5.73 Å². The summed E-state index contributed by atoms with van der Waals surface area (Å²) in [7, 11) is 0. The molecule has 0 unspecified atom stereocenters. The number of nitriles is 1. The number of ether oxygens (including phenoxy) is 1. The van der Waals surface area contributed by atoms with Gasteiger partial charge in [0.1, 0.15) is 16.6 Å². The fraction of sp³-hybridized carbons (Fsp3) is 0.167. The molecular weight excluding hydrogens is 234 g/mol. The molecular formula is C12H11N3OS. The minimum Gasteiger partial charge on any atom is -0.389 e. The Bertz CT molecular complexity index is 531. The zero-order valence-corrected chi connectivity index (χ0v) is 9.88. The number of hydrogen-bond acceptors (Lipinski definition) is 4. The molecule has 0 amide bonds. The quantitative estimate of drug-likeness (QED) is 0.483. The summed E-state index contributed by atoms with van der Waals surface area (Å²) in [5.41, 5.74) is 8.90. The Kier molecular flexibility index (Phi) is 3.38. The summed E-state index contributed by atoms with van der Waals surface area (Å²) in [6.07, 6.45) is 1.51. The van der Waals surface area contributed by atoms with Crippen molar-refractivity contribution in [2.75, 3.05) is 5.32 Å². The Morgan fingerprint density at radius 1 is 1.47 bits per heavy atom. The van der Waals surface area contributed by atoms with Gasteiger partial charge >= 0.3 is 0 Å². The van der Waals surface area contributed by atoms with Gasteiger partial charge in [0.2, 0.25) is 0 Å². The molecule has 0 aromatic heterocycles. The summed E-state index contributed by atoms with van der Waals surface area (Å²) in [6.45, 7) is 1.30. The van der Waals surface area contributed by atoms with Crippen LogP contribution >= 0.6 is 12.2 Å². The van der Waals surface area contributed by atoms with Crippen molar-refractivity contribution in [3.05, 3.63) is 41.1 Å². The van der Waals surface area contributed by atoms with E-state index < -0.39 is 0 Å². The van der Waals surface area contributed by atoms with Crippen LogP contribution in [0.1, 0.15) is 11.1 Å². The lowest BCUT2D eigenvalue weighted by atomic mass is 10.1. The van der Waals surface area contributed by atoms with Gasteiger partial charge in [-0.25, -0.2) is 0 Å². The molecule has 0 atom stereocenters. The van der Waals surface area contributed by atoms with E-state index in [2.05, 4.69) is 5.32 Å². The van der Waals surface area contributed by atoms with Crippen LogP contribution in [0.5, 0.6) is 0 Å². The number of thiocarbonyl (C=S) groups is 1. The monoisotopic (exact) mass is 245 g/mol. The van der Waals surface area contributed by atoms with Gasteiger partial charge in [-0.2, -0.15) is 5.26 Å². The van der Waals surface area contributed by atoms with Crippen LogP contribution in [0.4, 0.5) is 5.69 Å². The first kappa shape index (κ1) is 11.6. The lowest BCUT2D eigenvalue weighted by Crippen LogP contribution is -2.11. The van der Waals surface area contributed by atoms with Gasteiger partial charge in [-0.1, -0.05) is 18.3 Å². The molecule has 1 aromatic rings. The highest BCUT2D eigenvalue weighted by molar-refractivity contribution is 7.80. The predicted molar refractivity (Wildman–Crippen MR) is 69.0 cm³/mol. The Morgan fingerprint density at radius 3 is 2.94 bits per heavy atom. The zero-order chi connectivity index (χ0) is 12.3. The second-order valence-corrected chi connectivity index (χ2v) is 4.09. The van der Waals surface area contributed by atoms with Crippen LogP contribution in [0.2, 0.25) is 0 Å². The molecule has 0 aliphatic carbocycles. The van der Waals surface area contributed by atoms with Gasteiger partial charge in [0.05, 0.1) is 13.2 Å². The maximum atomic E-state index is 8.78. The number of rotatable bonds is 3. The fourth-order valence-corrected chi connectivity index (χ4v) is 1.68. The molecule has 0 saturated carbocycles. The molecule has 0 saturated heterocycles. The zero-order valence-electron chi connectivity index (χ0n) is 9.06. The van der Waals surface area contributed by atoms with Crippen molar-refractivity contribution < 1.29 is 4.74 Å². The van der Waals surface area contributed by atoms with Gasteiger partial charge in [0, 0.05) is 11.9 Å². The molecule has 5 heteroatoms. The Morgan fingerprint density at radius 2 is 2.24 bits per heavy atom. The summed E-state index contributed by atoms with van der Waals surface area (Å²) in [5.74, 6) is 0. The first-order valence-corrected chi connectivity index (χ1v) is 5.47. The predicted octanol–water partition coefficient (Wildman–Crippen LogP) is 1.82. The third-order valence-electron chi connectivity index (χ3n) is 2.49. The van der Waals surface area contributed by atoms with Crippen LogP contribution in [0.3, 0.4) is 0 Å². The summed E-state index contributed by atoms with van der Waals surface area (Å²) in [6, 6.07) is 7.86. The average molecular weight is 245 g/mol. The lowest BCUT2D eigenvalue weighted by Gasteiger charge is -2.04. The van der Waals surface area contributed by atoms with Crippen molar-refractivity contribution in [3.63, 3.8) is 0 Å². The summed E-state index contributed by atoms with van der Waals surface area (Å²) >= 11 is 4.74. The van der Waals surface area contributed by atoms with E-state index in [1.165, 1.54) is 11.8 Å². The molecule has 3 N–H and O–H groups in total. The van der Waals surface area contributed by atoms with Gasteiger partial charge < -0.3 is 15.8 Å². The molecule has 2 rings (SSSR count). The molecule has 1 aliphatic heterocycles. The Hall–Kier alpha value is -1.90. The summed E-state index contributed by atoms with van der Waals surface area (Å²) in [5, 5.41) is 11.8. The second kappa shape index (κ2) is 4.95. The molecule has 1 aromatic carbocycles. The highest BCUT2D eigenvalue weighted by Gasteiger charge is 2.10. The molecule has 1 aliphatic rings. The van der Waals surface area contributed by atoms with Crippen molar-refractivity contribution in [1.82, 2.24) is 0 Å². The van der Waals surface area contributed by atoms with Crippen LogP contribution in [-0.4, -0.2) is 4.99 Å². The summed E-state index contributed by atoms with van der Waals surface area (Å²) in [4.78, 5) is 0.0875. The van der Waals surface area contributed by atoms with Crippen molar-refractivity contribution >= 4 is 22.9 Å². The van der Waals surface area contributed by atoms with Crippen LogP contribution in [0.15, 0.2) is 30.0 Å². The minimum absolute atomic E-state index is 0.0875. The smallest absolute Gasteiger partial charge is 0.116 e. The second-order valence-electron chi connectivity index (χ2n) is 3.65. The topological polar surface area (TPSA) is 71.1 Å². The maximum Gasteiger partial charge on any atom is 0.116 e. The van der Waals surface area contributed by atoms with E-state index >= 15 is 0 Å². The molecule has 0 bridgehead atoms. The first-order valence-electron chi connectivity index (χ1n) is 5.07. The number of nitrogens with zero attached hydrogens (tertiary/aromatic N) is 1. The number of benzene rings is 1. The molecule has 0 radical (unpaired) electrons. The first-order chi connectivity index (χ1) is 8.20. The number of fused-ring (bicyclic) bond motifs is 1. The highest BCUT2D eigenvalue weighted by Crippen LogP contribution is 2.23. The third-order valence-corrected chi connectivity index (χ3v) is 2.71. The average Bonchev–Trinajstić information content (AvgIpc) is 2.76. The van der Waals surface area contributed by atoms with E-state index in [1.807, 2.05) is 24.3 Å². The molecule has 1 heterocycles. The van der Waals surface area contributed by atoms with E-state index in [0.29, 0.717) is 13.2 Å². The SMILES string of the molecule is N#C/C(=C\Nc1ccc2c(c1)COC2)C(N)=S. The Balaban J connectivity index is 2.15. The van der Waals surface area contributed by atoms with Gasteiger partial charge in [-0.05, 0) is 23.3 Å². The number of nitrogens with one attached hydrogen (secondary N) is 1. The maximum absolute atomic E-state index is 8.78. The minimum atomic E-state index is 0.0875. The number of nitrogens with two attached hydrogens (primary N) is 1. The molecule has 86 valence electrons. The van der Waals surface area contributed by atoms with Gasteiger partial charge in [-0.15, -0.1) is 0 Å². The van der Waals surface area contributed by atoms with E-state index in [4.69, 9.17) is 28.0 Å². The van der Waals surface area contributed by atoms with E-state index in [9.17, 15) is 0 Å². The molecule has 4 nitrogen and oxygen atoms in total. The van der Waals surface area contributed by atoms with Crippen LogP contribution < -0.4 is 11.1 Å². The van der Waals surface area contributed by atoms with Gasteiger partial charge in [0.25, 0.3) is 0 Å². The van der Waals surface area contributed by atoms with Crippen LogP contribution in [0, 0.1) is 11.3 Å². The van der Waals surface area contributed by atoms with E-state index in [-0.39, 0.29) is 10.6 Å². The van der Waals surface area contributed by atoms with Crippen molar-refractivity contribution in [2.45, 2.75) is 13.2 Å². The Labute approximate surface area is 105 Å². The third kappa shape index (κ3) is 2.61. The highest BCUT2D eigenvalue weighted by atomic mass is 32.1. The van der Waals surface area contributed by atoms with E-state index in [0.717, 1.165) is 11.3 Å². The lowest BCUT2D eigenvalue weighted by molar-refractivity contribution is 0.134. The molecule has 0 fully saturated rings. The largest absolute Gasteiger partial charge is 0.389 e. The summed E-state index contributed by atoms with van der Waals surface area (Å²) < 4.78 is 5.32. The van der Waals surface area contributed by atoms with Gasteiger partial charge in [-0.3, -0.25) is 0 Å². The van der Waals surface area contributed by atoms with Crippen LogP contribution in [-0.2, 0) is 18.0 Å². The number of anilines is 1. The van der Waals surface area contributed by atoms with Crippen LogP contribution in [0.25, 0.3) is 0 Å². The molecule has 0 spiro atoms. The van der Waals surface area contributed by atoms with E-state index in [1.54, 1.807) is 0 Å². The normalized spacial score (nSPS) is 13.9. The van der Waals surface area contributed by atoms with Crippen molar-refractivity contribution in [3.8, 4) is 6.07 Å². The number of hydrogen-bond donors (Lipinski definition) is 2. The van der Waals surface area contributed by atoms with Crippen molar-refractivity contribution in [1.29, 1.82) is 5.26 Å². The molecule has 17 heavy (non-hydrogen) atoms. The standard InChI is InChI=1S/C12H11N3OS/c13-4-10(12(14)17)5-15-11-2-1-8-6-16-7-9(8)3-11/h1-3,5,15H,6-7H2,(H2,14,17)/b10-5+. The fourth-order valence-electron chi connectivity index (χ4n) is 1.58. The van der Waals surface area contributed by atoms with Gasteiger partial charge in [0.15, 0.2) is 0 Å².